The Labute approximate surface area is 144 Å². The van der Waals surface area contributed by atoms with Gasteiger partial charge >= 0.3 is 5.97 Å². The molecule has 132 valence electrons. The number of benzene rings is 1. The predicted octanol–water partition coefficient (Wildman–Crippen LogP) is 3.24. The number of carbonyl (C=O) groups excluding carboxylic acids is 1. The first-order valence-corrected chi connectivity index (χ1v) is 8.61. The molecule has 1 fully saturated rings. The highest BCUT2D eigenvalue weighted by atomic mass is 16.5. The van der Waals surface area contributed by atoms with Gasteiger partial charge in [-0.1, -0.05) is 37.3 Å². The molecule has 1 aliphatic heterocycles. The van der Waals surface area contributed by atoms with Crippen LogP contribution in [0.15, 0.2) is 35.4 Å². The van der Waals surface area contributed by atoms with E-state index in [1.807, 2.05) is 49.2 Å². The second-order valence-electron chi connectivity index (χ2n) is 6.49. The molecule has 0 radical (unpaired) electrons. The van der Waals surface area contributed by atoms with Crippen molar-refractivity contribution in [2.75, 3.05) is 20.3 Å². The number of rotatable bonds is 8. The molecule has 0 spiro atoms. The van der Waals surface area contributed by atoms with Crippen LogP contribution in [0, 0.1) is 5.41 Å². The first kappa shape index (κ1) is 18.5. The average molecular weight is 332 g/mol. The Kier molecular flexibility index (Phi) is 6.79. The summed E-state index contributed by atoms with van der Waals surface area (Å²) in [6, 6.07) is 10.0. The summed E-state index contributed by atoms with van der Waals surface area (Å²) in [7, 11) is 1.71. The van der Waals surface area contributed by atoms with Gasteiger partial charge in [-0.25, -0.2) is 0 Å². The Morgan fingerprint density at radius 3 is 2.83 bits per heavy atom. The Hall–Kier alpha value is -1.88. The highest BCUT2D eigenvalue weighted by Gasteiger charge is 2.32. The minimum absolute atomic E-state index is 0.236. The lowest BCUT2D eigenvalue weighted by Gasteiger charge is -2.25. The summed E-state index contributed by atoms with van der Waals surface area (Å²) in [4.78, 5) is 12.5. The zero-order valence-electron chi connectivity index (χ0n) is 14.9. The Morgan fingerprint density at radius 1 is 1.42 bits per heavy atom. The van der Waals surface area contributed by atoms with Crippen molar-refractivity contribution in [1.29, 1.82) is 0 Å². The molecule has 1 unspecified atom stereocenters. The zero-order chi connectivity index (χ0) is 17.4. The Bertz CT molecular complexity index is 547. The third-order valence-electron chi connectivity index (χ3n) is 4.61. The van der Waals surface area contributed by atoms with Crippen LogP contribution in [0.1, 0.15) is 38.7 Å². The fraction of sp³-hybridized carbons (Fsp3) is 0.579. The monoisotopic (exact) mass is 332 g/mol. The SMILES string of the molecule is CCC(C)(/C=N/N1CCC[C@H]1COC)C(=O)OCc1ccccc1. The summed E-state index contributed by atoms with van der Waals surface area (Å²) < 4.78 is 10.7. The lowest BCUT2D eigenvalue weighted by Crippen LogP contribution is -2.34. The van der Waals surface area contributed by atoms with E-state index in [0.29, 0.717) is 25.7 Å². The molecule has 1 saturated heterocycles. The standard InChI is InChI=1S/C19H28N2O3/c1-4-19(2,15-20-21-12-8-11-17(21)14-23-3)18(22)24-13-16-9-6-5-7-10-16/h5-7,9-10,15,17H,4,8,11-14H2,1-3H3/b20-15+/t17-,19?/m0/s1. The fourth-order valence-electron chi connectivity index (χ4n) is 2.71. The van der Waals surface area contributed by atoms with E-state index in [1.54, 1.807) is 13.3 Å². The summed E-state index contributed by atoms with van der Waals surface area (Å²) in [5.74, 6) is -0.236. The maximum Gasteiger partial charge on any atom is 0.317 e. The molecule has 0 bridgehead atoms. The molecule has 5 heteroatoms. The molecule has 1 heterocycles. The maximum absolute atomic E-state index is 12.5. The highest BCUT2D eigenvalue weighted by molar-refractivity contribution is 5.94. The minimum Gasteiger partial charge on any atom is -0.460 e. The van der Waals surface area contributed by atoms with Gasteiger partial charge in [-0.3, -0.25) is 9.80 Å². The van der Waals surface area contributed by atoms with Crippen LogP contribution >= 0.6 is 0 Å². The van der Waals surface area contributed by atoms with E-state index in [0.717, 1.165) is 24.9 Å². The Balaban J connectivity index is 1.96. The van der Waals surface area contributed by atoms with Crippen molar-refractivity contribution in [1.82, 2.24) is 5.01 Å². The quantitative estimate of drug-likeness (QED) is 0.542. The van der Waals surface area contributed by atoms with E-state index < -0.39 is 5.41 Å². The third-order valence-corrected chi connectivity index (χ3v) is 4.61. The summed E-state index contributed by atoms with van der Waals surface area (Å²) in [6.45, 7) is 5.72. The summed E-state index contributed by atoms with van der Waals surface area (Å²) in [5, 5.41) is 6.60. The molecule has 1 aromatic carbocycles. The van der Waals surface area contributed by atoms with E-state index in [1.165, 1.54) is 0 Å². The lowest BCUT2D eigenvalue weighted by atomic mass is 9.89. The average Bonchev–Trinajstić information content (AvgIpc) is 3.06. The number of esters is 1. The van der Waals surface area contributed by atoms with Gasteiger partial charge in [0.1, 0.15) is 12.0 Å². The van der Waals surface area contributed by atoms with E-state index in [2.05, 4.69) is 5.10 Å². The summed E-state index contributed by atoms with van der Waals surface area (Å²) >= 11 is 0. The van der Waals surface area contributed by atoms with Crippen LogP contribution in [0.3, 0.4) is 0 Å². The van der Waals surface area contributed by atoms with Crippen LogP contribution in [0.25, 0.3) is 0 Å². The van der Waals surface area contributed by atoms with E-state index in [4.69, 9.17) is 9.47 Å². The molecule has 0 N–H and O–H groups in total. The molecule has 0 amide bonds. The van der Waals surface area contributed by atoms with Crippen molar-refractivity contribution in [3.63, 3.8) is 0 Å². The number of hydrogen-bond donors (Lipinski definition) is 0. The zero-order valence-corrected chi connectivity index (χ0v) is 14.9. The molecular weight excluding hydrogens is 304 g/mol. The number of carbonyl (C=O) groups is 1. The molecule has 0 aliphatic carbocycles. The van der Waals surface area contributed by atoms with Gasteiger partial charge in [0.25, 0.3) is 0 Å². The second-order valence-corrected chi connectivity index (χ2v) is 6.49. The topological polar surface area (TPSA) is 51.1 Å². The molecule has 0 aromatic heterocycles. The number of ether oxygens (including phenoxy) is 2. The third kappa shape index (κ3) is 4.81. The number of hydrogen-bond acceptors (Lipinski definition) is 5. The van der Waals surface area contributed by atoms with Crippen molar-refractivity contribution in [2.24, 2.45) is 10.5 Å². The van der Waals surface area contributed by atoms with Gasteiger partial charge in [0.2, 0.25) is 0 Å². The van der Waals surface area contributed by atoms with Gasteiger partial charge in [0.15, 0.2) is 0 Å². The van der Waals surface area contributed by atoms with Crippen molar-refractivity contribution in [3.8, 4) is 0 Å². The molecular formula is C19H28N2O3. The van der Waals surface area contributed by atoms with Crippen LogP contribution in [-0.2, 0) is 20.9 Å². The van der Waals surface area contributed by atoms with Crippen molar-refractivity contribution in [3.05, 3.63) is 35.9 Å². The molecule has 0 saturated carbocycles. The molecule has 2 atom stereocenters. The van der Waals surface area contributed by atoms with Gasteiger partial charge in [-0.2, -0.15) is 5.10 Å². The molecule has 1 aromatic rings. The molecule has 5 nitrogen and oxygen atoms in total. The molecule has 1 aliphatic rings. The van der Waals surface area contributed by atoms with Crippen LogP contribution in [-0.4, -0.2) is 43.5 Å². The fourth-order valence-corrected chi connectivity index (χ4v) is 2.71. The smallest absolute Gasteiger partial charge is 0.317 e. The normalized spacial score (nSPS) is 20.3. The van der Waals surface area contributed by atoms with Crippen LogP contribution < -0.4 is 0 Å². The minimum atomic E-state index is -0.713. The number of nitrogens with zero attached hydrogens (tertiary/aromatic N) is 2. The van der Waals surface area contributed by atoms with Crippen molar-refractivity contribution < 1.29 is 14.3 Å². The highest BCUT2D eigenvalue weighted by Crippen LogP contribution is 2.24. The van der Waals surface area contributed by atoms with Gasteiger partial charge in [0, 0.05) is 19.9 Å². The molecule has 2 rings (SSSR count). The van der Waals surface area contributed by atoms with Crippen LogP contribution in [0.4, 0.5) is 0 Å². The molecule has 24 heavy (non-hydrogen) atoms. The number of methoxy groups -OCH3 is 1. The van der Waals surface area contributed by atoms with E-state index in [-0.39, 0.29) is 5.97 Å². The summed E-state index contributed by atoms with van der Waals surface area (Å²) in [6.07, 6.45) is 4.57. The number of hydrazone groups is 1. The van der Waals surface area contributed by atoms with Crippen molar-refractivity contribution >= 4 is 12.2 Å². The van der Waals surface area contributed by atoms with Gasteiger partial charge in [-0.15, -0.1) is 0 Å². The van der Waals surface area contributed by atoms with Crippen LogP contribution in [0.5, 0.6) is 0 Å². The second kappa shape index (κ2) is 8.83. The van der Waals surface area contributed by atoms with Gasteiger partial charge in [-0.05, 0) is 31.7 Å². The Morgan fingerprint density at radius 2 is 2.17 bits per heavy atom. The first-order valence-electron chi connectivity index (χ1n) is 8.61. The lowest BCUT2D eigenvalue weighted by molar-refractivity contribution is -0.152. The first-order chi connectivity index (χ1) is 11.6. The maximum atomic E-state index is 12.5. The largest absolute Gasteiger partial charge is 0.460 e. The van der Waals surface area contributed by atoms with Crippen molar-refractivity contribution in [2.45, 2.75) is 45.8 Å². The van der Waals surface area contributed by atoms with Gasteiger partial charge < -0.3 is 9.47 Å². The van der Waals surface area contributed by atoms with E-state index in [9.17, 15) is 4.79 Å². The van der Waals surface area contributed by atoms with Crippen LogP contribution in [0.2, 0.25) is 0 Å². The van der Waals surface area contributed by atoms with E-state index >= 15 is 0 Å². The summed E-state index contributed by atoms with van der Waals surface area (Å²) in [5.41, 5.74) is 0.274. The predicted molar refractivity (Wildman–Crippen MR) is 94.7 cm³/mol. The van der Waals surface area contributed by atoms with Gasteiger partial charge in [0.05, 0.1) is 12.6 Å².